The number of halogens is 4. The zero-order chi connectivity index (χ0) is 14.2. The van der Waals surface area contributed by atoms with Crippen LogP contribution in [0.1, 0.15) is 15.9 Å². The summed E-state index contributed by atoms with van der Waals surface area (Å²) in [5, 5.41) is 2.76. The Bertz CT molecular complexity index is 477. The number of amides is 1. The molecule has 0 aromatic carbocycles. The number of thiophene rings is 1. The summed E-state index contributed by atoms with van der Waals surface area (Å²) < 4.78 is 50.6. The molecule has 3 nitrogen and oxygen atoms in total. The van der Waals surface area contributed by atoms with Crippen molar-refractivity contribution in [2.45, 2.75) is 25.4 Å². The third kappa shape index (κ3) is 2.89. The molecule has 1 saturated heterocycles. The summed E-state index contributed by atoms with van der Waals surface area (Å²) in [5.41, 5.74) is 0. The maximum Gasteiger partial charge on any atom is 0.324 e. The summed E-state index contributed by atoms with van der Waals surface area (Å²) in [6.07, 6.45) is -4.54. The number of carbonyl (C=O) groups is 1. The van der Waals surface area contributed by atoms with E-state index in [0.717, 1.165) is 9.78 Å². The molecule has 1 aromatic heterocycles. The molecule has 0 radical (unpaired) electrons. The van der Waals surface area contributed by atoms with Crippen molar-refractivity contribution in [1.29, 1.82) is 0 Å². The van der Waals surface area contributed by atoms with Gasteiger partial charge in [0.05, 0.1) is 13.1 Å². The average Bonchev–Trinajstić information content (AvgIpc) is 2.86. The smallest absolute Gasteiger partial charge is 0.315 e. The molecule has 0 spiro atoms. The molecular formula is C11H12F4N2OS. The van der Waals surface area contributed by atoms with Crippen molar-refractivity contribution in [2.75, 3.05) is 13.1 Å². The van der Waals surface area contributed by atoms with Crippen molar-refractivity contribution >= 4 is 17.2 Å². The highest BCUT2D eigenvalue weighted by atomic mass is 32.1. The van der Waals surface area contributed by atoms with Gasteiger partial charge in [-0.25, -0.2) is 8.78 Å². The van der Waals surface area contributed by atoms with E-state index in [-0.39, 0.29) is 6.54 Å². The van der Waals surface area contributed by atoms with E-state index in [9.17, 15) is 22.4 Å². The highest BCUT2D eigenvalue weighted by Gasteiger charge is 2.46. The monoisotopic (exact) mass is 296 g/mol. The van der Waals surface area contributed by atoms with Gasteiger partial charge < -0.3 is 4.90 Å². The Morgan fingerprint density at radius 3 is 2.74 bits per heavy atom. The van der Waals surface area contributed by atoms with Crippen LogP contribution in [0, 0.1) is 6.92 Å². The number of aryl methyl sites for hydroxylation is 1. The fraction of sp³-hybridized carbons (Fsp3) is 0.545. The summed E-state index contributed by atoms with van der Waals surface area (Å²) in [4.78, 5) is 13.9. The molecule has 0 bridgehead atoms. The summed E-state index contributed by atoms with van der Waals surface area (Å²) >= 11 is 1.34. The Balaban J connectivity index is 2.19. The van der Waals surface area contributed by atoms with Gasteiger partial charge in [-0.15, -0.1) is 11.3 Å². The normalized spacial score (nSPS) is 20.6. The zero-order valence-electron chi connectivity index (χ0n) is 10.00. The minimum Gasteiger partial charge on any atom is -0.315 e. The molecule has 2 heterocycles. The molecule has 1 unspecified atom stereocenters. The van der Waals surface area contributed by atoms with Gasteiger partial charge in [0.2, 0.25) is 5.91 Å². The number of nitrogens with zero attached hydrogens (tertiary/aromatic N) is 1. The highest BCUT2D eigenvalue weighted by molar-refractivity contribution is 7.12. The molecule has 1 aliphatic heterocycles. The number of hydrogen-bond acceptors (Lipinski definition) is 3. The molecule has 106 valence electrons. The van der Waals surface area contributed by atoms with Gasteiger partial charge in [0.15, 0.2) is 0 Å². The minimum atomic E-state index is -4.20. The molecule has 0 aliphatic carbocycles. The predicted molar refractivity (Wildman–Crippen MR) is 62.5 cm³/mol. The molecule has 1 fully saturated rings. The van der Waals surface area contributed by atoms with Crippen LogP contribution in [-0.4, -0.2) is 36.2 Å². The largest absolute Gasteiger partial charge is 0.324 e. The van der Waals surface area contributed by atoms with Crippen molar-refractivity contribution in [1.82, 2.24) is 10.2 Å². The van der Waals surface area contributed by atoms with Crippen molar-refractivity contribution in [3.8, 4) is 0 Å². The van der Waals surface area contributed by atoms with Crippen LogP contribution >= 0.6 is 11.3 Å². The molecule has 1 aromatic rings. The molecule has 1 N–H and O–H groups in total. The van der Waals surface area contributed by atoms with Gasteiger partial charge in [0.1, 0.15) is 6.17 Å². The quantitative estimate of drug-likeness (QED) is 0.865. The average molecular weight is 296 g/mol. The molecule has 8 heteroatoms. The molecule has 1 aliphatic rings. The van der Waals surface area contributed by atoms with Crippen LogP contribution in [0.5, 0.6) is 0 Å². The molecule has 1 amide bonds. The van der Waals surface area contributed by atoms with Crippen molar-refractivity contribution < 1.29 is 22.4 Å². The van der Waals surface area contributed by atoms with E-state index in [1.54, 1.807) is 12.1 Å². The van der Waals surface area contributed by atoms with Gasteiger partial charge in [-0.1, -0.05) is 0 Å². The lowest BCUT2D eigenvalue weighted by Crippen LogP contribution is -2.44. The van der Waals surface area contributed by atoms with Crippen LogP contribution < -0.4 is 5.32 Å². The van der Waals surface area contributed by atoms with Crippen molar-refractivity contribution in [3.05, 3.63) is 21.9 Å². The van der Waals surface area contributed by atoms with Gasteiger partial charge in [-0.2, -0.15) is 8.78 Å². The van der Waals surface area contributed by atoms with E-state index in [4.69, 9.17) is 0 Å². The third-order valence-corrected chi connectivity index (χ3v) is 3.86. The van der Waals surface area contributed by atoms with E-state index in [0.29, 0.717) is 4.88 Å². The molecule has 1 atom stereocenters. The number of nitrogens with one attached hydrogen (secondary N) is 1. The van der Waals surface area contributed by atoms with Gasteiger partial charge in [0.25, 0.3) is 0 Å². The minimum absolute atomic E-state index is 0.124. The lowest BCUT2D eigenvalue weighted by molar-refractivity contribution is -0.156. The standard InChI is InChI=1S/C11H12F4N2OS/c1-6-2-3-7(19-6)9-16-4-8(18)17(9)5-11(14,15)10(12)13/h2-3,9-10,16H,4-5H2,1H3. The summed E-state index contributed by atoms with van der Waals surface area (Å²) in [7, 11) is 0. The topological polar surface area (TPSA) is 32.3 Å². The maximum atomic E-state index is 13.1. The lowest BCUT2D eigenvalue weighted by Gasteiger charge is -2.27. The molecule has 0 saturated carbocycles. The van der Waals surface area contributed by atoms with E-state index >= 15 is 0 Å². The van der Waals surface area contributed by atoms with E-state index in [1.165, 1.54) is 11.3 Å². The van der Waals surface area contributed by atoms with E-state index in [2.05, 4.69) is 5.32 Å². The predicted octanol–water partition coefficient (Wildman–Crippen LogP) is 2.39. The van der Waals surface area contributed by atoms with Crippen LogP contribution in [0.4, 0.5) is 17.6 Å². The second-order valence-electron chi connectivity index (χ2n) is 4.32. The van der Waals surface area contributed by atoms with Crippen molar-refractivity contribution in [3.63, 3.8) is 0 Å². The second kappa shape index (κ2) is 5.09. The Labute approximate surface area is 111 Å². The van der Waals surface area contributed by atoms with Crippen LogP contribution in [0.15, 0.2) is 12.1 Å². The van der Waals surface area contributed by atoms with Crippen molar-refractivity contribution in [2.24, 2.45) is 0 Å². The van der Waals surface area contributed by atoms with E-state index in [1.807, 2.05) is 6.92 Å². The number of hydrogen-bond donors (Lipinski definition) is 1. The number of rotatable bonds is 4. The molecular weight excluding hydrogens is 284 g/mol. The fourth-order valence-corrected chi connectivity index (χ4v) is 2.84. The number of carbonyl (C=O) groups excluding carboxylic acids is 1. The first-order chi connectivity index (χ1) is 8.81. The molecule has 19 heavy (non-hydrogen) atoms. The first-order valence-corrected chi connectivity index (χ1v) is 6.38. The van der Waals surface area contributed by atoms with Gasteiger partial charge in [-0.05, 0) is 19.1 Å². The fourth-order valence-electron chi connectivity index (χ4n) is 1.87. The van der Waals surface area contributed by atoms with Gasteiger partial charge >= 0.3 is 12.3 Å². The Kier molecular flexibility index (Phi) is 3.82. The summed E-state index contributed by atoms with van der Waals surface area (Å²) in [6.45, 7) is 0.433. The second-order valence-corrected chi connectivity index (χ2v) is 5.63. The Hall–Kier alpha value is -1.15. The first kappa shape index (κ1) is 14.3. The van der Waals surface area contributed by atoms with Crippen LogP contribution in [-0.2, 0) is 4.79 Å². The summed E-state index contributed by atoms with van der Waals surface area (Å²) in [5.74, 6) is -4.80. The van der Waals surface area contributed by atoms with Gasteiger partial charge in [0, 0.05) is 9.75 Å². The van der Waals surface area contributed by atoms with Crippen LogP contribution in [0.2, 0.25) is 0 Å². The Morgan fingerprint density at radius 2 is 2.21 bits per heavy atom. The Morgan fingerprint density at radius 1 is 1.53 bits per heavy atom. The third-order valence-electron chi connectivity index (χ3n) is 2.81. The van der Waals surface area contributed by atoms with Crippen LogP contribution in [0.3, 0.4) is 0 Å². The molecule has 2 rings (SSSR count). The van der Waals surface area contributed by atoms with Crippen LogP contribution in [0.25, 0.3) is 0 Å². The number of alkyl halides is 4. The highest BCUT2D eigenvalue weighted by Crippen LogP contribution is 2.32. The van der Waals surface area contributed by atoms with Gasteiger partial charge in [-0.3, -0.25) is 10.1 Å². The maximum absolute atomic E-state index is 13.1. The summed E-state index contributed by atoms with van der Waals surface area (Å²) in [6, 6.07) is 3.48. The lowest BCUT2D eigenvalue weighted by atomic mass is 10.3. The zero-order valence-corrected chi connectivity index (χ0v) is 10.8. The SMILES string of the molecule is Cc1ccc(C2NCC(=O)N2CC(F)(F)C(F)F)s1. The first-order valence-electron chi connectivity index (χ1n) is 5.56. The van der Waals surface area contributed by atoms with E-state index < -0.39 is 31.0 Å².